The first-order chi connectivity index (χ1) is 13.2. The average Bonchev–Trinajstić information content (AvgIpc) is 3.21. The molecular formula is C21H20N2O3S. The highest BCUT2D eigenvalue weighted by Gasteiger charge is 2.14. The second-order valence-electron chi connectivity index (χ2n) is 5.79. The number of amides is 1. The van der Waals surface area contributed by atoms with Gasteiger partial charge in [-0.2, -0.15) is 0 Å². The molecule has 0 bridgehead atoms. The van der Waals surface area contributed by atoms with Crippen molar-refractivity contribution in [3.63, 3.8) is 0 Å². The van der Waals surface area contributed by atoms with Gasteiger partial charge in [-0.15, -0.1) is 11.3 Å². The average molecular weight is 380 g/mol. The van der Waals surface area contributed by atoms with Gasteiger partial charge in [0.1, 0.15) is 12.4 Å². The first-order valence-electron chi connectivity index (χ1n) is 8.51. The molecule has 0 aliphatic carbocycles. The molecule has 1 heterocycles. The van der Waals surface area contributed by atoms with Gasteiger partial charge in [-0.1, -0.05) is 41.6 Å². The molecule has 0 saturated heterocycles. The number of hydrogen-bond acceptors (Lipinski definition) is 5. The molecular weight excluding hydrogens is 360 g/mol. The highest BCUT2D eigenvalue weighted by Crippen LogP contribution is 2.17. The summed E-state index contributed by atoms with van der Waals surface area (Å²) in [5.41, 5.74) is 1.77. The number of ether oxygens (including phenoxy) is 1. The molecule has 0 aliphatic heterocycles. The zero-order chi connectivity index (χ0) is 18.9. The van der Waals surface area contributed by atoms with E-state index in [4.69, 9.17) is 9.57 Å². The van der Waals surface area contributed by atoms with Crippen molar-refractivity contribution in [1.29, 1.82) is 0 Å². The Morgan fingerprint density at radius 3 is 2.59 bits per heavy atom. The fraction of sp³-hybridized carbons (Fsp3) is 0.143. The summed E-state index contributed by atoms with van der Waals surface area (Å²) in [5, 5.41) is 8.59. The minimum atomic E-state index is -0.699. The number of benzene rings is 2. The molecule has 2 aromatic carbocycles. The predicted molar refractivity (Wildman–Crippen MR) is 108 cm³/mol. The summed E-state index contributed by atoms with van der Waals surface area (Å²) >= 11 is 1.55. The number of hydrogen-bond donors (Lipinski definition) is 1. The van der Waals surface area contributed by atoms with E-state index in [2.05, 4.69) is 10.5 Å². The fourth-order valence-electron chi connectivity index (χ4n) is 2.21. The molecule has 1 unspecified atom stereocenters. The van der Waals surface area contributed by atoms with Gasteiger partial charge in [0.05, 0.1) is 6.21 Å². The highest BCUT2D eigenvalue weighted by atomic mass is 32.1. The van der Waals surface area contributed by atoms with Crippen LogP contribution in [0.15, 0.2) is 77.3 Å². The number of thiophene rings is 1. The first kappa shape index (κ1) is 18.7. The summed E-state index contributed by atoms with van der Waals surface area (Å²) in [6.07, 6.45) is 0.892. The molecule has 27 heavy (non-hydrogen) atoms. The van der Waals surface area contributed by atoms with Crippen LogP contribution in [0, 0.1) is 0 Å². The number of carbonyl (C=O) groups is 1. The lowest BCUT2D eigenvalue weighted by atomic mass is 10.2. The fourth-order valence-corrected chi connectivity index (χ4v) is 2.78. The second kappa shape index (κ2) is 9.54. The van der Waals surface area contributed by atoms with E-state index >= 15 is 0 Å². The molecule has 5 nitrogen and oxygen atoms in total. The van der Waals surface area contributed by atoms with Gasteiger partial charge in [0.2, 0.25) is 6.10 Å². The van der Waals surface area contributed by atoms with Crippen molar-refractivity contribution >= 4 is 29.1 Å². The van der Waals surface area contributed by atoms with E-state index in [1.54, 1.807) is 36.6 Å². The lowest BCUT2D eigenvalue weighted by Crippen LogP contribution is -2.26. The molecule has 0 fully saturated rings. The minimum absolute atomic E-state index is 0.267. The molecule has 138 valence electrons. The number of anilines is 1. The van der Waals surface area contributed by atoms with Gasteiger partial charge in [-0.3, -0.25) is 4.79 Å². The summed E-state index contributed by atoms with van der Waals surface area (Å²) in [6, 6.07) is 21.0. The Kier molecular flexibility index (Phi) is 6.60. The van der Waals surface area contributed by atoms with E-state index in [1.165, 1.54) is 0 Å². The molecule has 1 aromatic heterocycles. The normalized spacial score (nSPS) is 11.9. The first-order valence-corrected chi connectivity index (χ1v) is 9.39. The maximum atomic E-state index is 12.2. The quantitative estimate of drug-likeness (QED) is 0.455. The van der Waals surface area contributed by atoms with Gasteiger partial charge in [-0.25, -0.2) is 0 Å². The highest BCUT2D eigenvalue weighted by molar-refractivity contribution is 7.11. The second-order valence-corrected chi connectivity index (χ2v) is 6.76. The van der Waals surface area contributed by atoms with Gasteiger partial charge in [0.25, 0.3) is 5.91 Å². The van der Waals surface area contributed by atoms with E-state index in [1.807, 2.05) is 60.0 Å². The lowest BCUT2D eigenvalue weighted by Gasteiger charge is -2.11. The summed E-state index contributed by atoms with van der Waals surface area (Å²) < 4.78 is 5.73. The largest absolute Gasteiger partial charge is 0.489 e. The molecule has 1 N–H and O–H groups in total. The minimum Gasteiger partial charge on any atom is -0.489 e. The number of oxime groups is 1. The van der Waals surface area contributed by atoms with Crippen LogP contribution in [-0.4, -0.2) is 18.2 Å². The molecule has 0 saturated carbocycles. The number of rotatable bonds is 8. The van der Waals surface area contributed by atoms with Crippen LogP contribution >= 0.6 is 11.3 Å². The van der Waals surface area contributed by atoms with Crippen molar-refractivity contribution in [2.24, 2.45) is 5.16 Å². The van der Waals surface area contributed by atoms with Crippen LogP contribution in [0.3, 0.4) is 0 Å². The number of carbonyl (C=O) groups excluding carboxylic acids is 1. The van der Waals surface area contributed by atoms with Gasteiger partial charge in [-0.05, 0) is 48.2 Å². The maximum absolute atomic E-state index is 12.2. The van der Waals surface area contributed by atoms with Crippen LogP contribution in [0.25, 0.3) is 0 Å². The van der Waals surface area contributed by atoms with Gasteiger partial charge < -0.3 is 14.9 Å². The molecule has 3 rings (SSSR count). The Morgan fingerprint density at radius 2 is 1.89 bits per heavy atom. The van der Waals surface area contributed by atoms with Crippen molar-refractivity contribution in [3.05, 3.63) is 82.6 Å². The molecule has 0 spiro atoms. The smallest absolute Gasteiger partial charge is 0.267 e. The Labute approximate surface area is 162 Å². The van der Waals surface area contributed by atoms with Crippen molar-refractivity contribution in [2.45, 2.75) is 19.6 Å². The van der Waals surface area contributed by atoms with Crippen LogP contribution < -0.4 is 10.1 Å². The SMILES string of the molecule is CC(O/N=C/c1cccs1)C(=O)Nc1ccc(OCc2ccccc2)cc1. The van der Waals surface area contributed by atoms with Crippen molar-refractivity contribution in [1.82, 2.24) is 0 Å². The van der Waals surface area contributed by atoms with E-state index in [9.17, 15) is 4.79 Å². The van der Waals surface area contributed by atoms with E-state index < -0.39 is 6.10 Å². The third-order valence-electron chi connectivity index (χ3n) is 3.68. The Hall–Kier alpha value is -3.12. The van der Waals surface area contributed by atoms with Gasteiger partial charge in [0, 0.05) is 10.6 Å². The Morgan fingerprint density at radius 1 is 1.11 bits per heavy atom. The molecule has 6 heteroatoms. The third-order valence-corrected chi connectivity index (χ3v) is 4.49. The summed E-state index contributed by atoms with van der Waals surface area (Å²) in [6.45, 7) is 2.15. The van der Waals surface area contributed by atoms with Crippen LogP contribution in [0.4, 0.5) is 5.69 Å². The number of nitrogens with zero attached hydrogens (tertiary/aromatic N) is 1. The molecule has 0 aliphatic rings. The van der Waals surface area contributed by atoms with Gasteiger partial charge >= 0.3 is 0 Å². The standard InChI is InChI=1S/C21H20N2O3S/c1-16(26-22-14-20-8-5-13-27-20)21(24)23-18-9-11-19(12-10-18)25-15-17-6-3-2-4-7-17/h2-14,16H,15H2,1H3,(H,23,24)/b22-14+. The molecule has 3 aromatic rings. The monoisotopic (exact) mass is 380 g/mol. The van der Waals surface area contributed by atoms with E-state index in [0.717, 1.165) is 16.2 Å². The summed E-state index contributed by atoms with van der Waals surface area (Å²) in [4.78, 5) is 18.3. The molecule has 1 atom stereocenters. The Balaban J connectivity index is 1.46. The molecule has 0 radical (unpaired) electrons. The van der Waals surface area contributed by atoms with Gasteiger partial charge in [0.15, 0.2) is 0 Å². The third kappa shape index (κ3) is 5.97. The zero-order valence-corrected chi connectivity index (χ0v) is 15.7. The van der Waals surface area contributed by atoms with Crippen molar-refractivity contribution < 1.29 is 14.4 Å². The van der Waals surface area contributed by atoms with Crippen LogP contribution in [0.5, 0.6) is 5.75 Å². The Bertz CT molecular complexity index is 862. The van der Waals surface area contributed by atoms with Crippen molar-refractivity contribution in [2.75, 3.05) is 5.32 Å². The van der Waals surface area contributed by atoms with E-state index in [0.29, 0.717) is 12.3 Å². The van der Waals surface area contributed by atoms with Crippen LogP contribution in [-0.2, 0) is 16.2 Å². The topological polar surface area (TPSA) is 59.9 Å². The van der Waals surface area contributed by atoms with Crippen molar-refractivity contribution in [3.8, 4) is 5.75 Å². The van der Waals surface area contributed by atoms with E-state index in [-0.39, 0.29) is 5.91 Å². The maximum Gasteiger partial charge on any atom is 0.267 e. The van der Waals surface area contributed by atoms with Crippen LogP contribution in [0.2, 0.25) is 0 Å². The summed E-state index contributed by atoms with van der Waals surface area (Å²) in [7, 11) is 0. The predicted octanol–water partition coefficient (Wildman–Crippen LogP) is 4.70. The molecule has 1 amide bonds. The zero-order valence-electron chi connectivity index (χ0n) is 14.9. The number of nitrogens with one attached hydrogen (secondary N) is 1. The lowest BCUT2D eigenvalue weighted by molar-refractivity contribution is -0.126. The summed E-state index contributed by atoms with van der Waals surface area (Å²) in [5.74, 6) is 0.470. The van der Waals surface area contributed by atoms with Crippen LogP contribution in [0.1, 0.15) is 17.4 Å².